The number of nitrogens with zero attached hydrogens (tertiary/aromatic N) is 2. The molecule has 11 heteroatoms. The van der Waals surface area contributed by atoms with Crippen LogP contribution in [-0.4, -0.2) is 74.8 Å². The molecule has 0 unspecified atom stereocenters. The highest BCUT2D eigenvalue weighted by Crippen LogP contribution is 2.38. The van der Waals surface area contributed by atoms with Crippen molar-refractivity contribution in [1.82, 2.24) is 9.21 Å². The number of ether oxygens (including phenoxy) is 2. The molecule has 0 bridgehead atoms. The highest BCUT2D eigenvalue weighted by molar-refractivity contribution is 7.89. The van der Waals surface area contributed by atoms with Crippen LogP contribution in [0.1, 0.15) is 13.8 Å². The number of hydrogen-bond donors (Lipinski definition) is 2. The Morgan fingerprint density at radius 1 is 1.20 bits per heavy atom. The molecule has 1 heterocycles. The van der Waals surface area contributed by atoms with Gasteiger partial charge in [0, 0.05) is 36.8 Å². The molecule has 2 amide bonds. The number of likely N-dealkylation sites (N-methyl/N-ethyl adjacent to an activating group) is 1. The Kier molecular flexibility index (Phi) is 8.97. The van der Waals surface area contributed by atoms with Crippen molar-refractivity contribution < 1.29 is 32.2 Å². The Morgan fingerprint density at radius 3 is 2.65 bits per heavy atom. The number of carbonyl (C=O) groups excluding carboxylic acids is 1. The average molecular weight is 572 g/mol. The second-order valence-corrected chi connectivity index (χ2v) is 11.8. The van der Waals surface area contributed by atoms with E-state index in [9.17, 15) is 22.7 Å². The van der Waals surface area contributed by atoms with Crippen LogP contribution in [0.4, 0.5) is 14.9 Å². The standard InChI is InChI=1S/C29H34FN3O6S/c1-19-16-33(20(2)18-34)40(36,37)28-13-12-21(24-10-5-6-11-25(24)38-4)14-26(28)39-27(19)17-32(3)29(35)31-23-9-7-8-22(30)15-23/h5-15,19-20,27,34H,16-18H2,1-4H3,(H,31,35)/t19-,20-,27-/m0/s1. The van der Waals surface area contributed by atoms with Gasteiger partial charge in [0.05, 0.1) is 20.3 Å². The first kappa shape index (κ1) is 29.3. The van der Waals surface area contributed by atoms with Crippen molar-refractivity contribution in [2.24, 2.45) is 5.92 Å². The molecule has 0 fully saturated rings. The molecule has 3 aromatic carbocycles. The smallest absolute Gasteiger partial charge is 0.321 e. The average Bonchev–Trinajstić information content (AvgIpc) is 2.94. The monoisotopic (exact) mass is 571 g/mol. The molecule has 0 aromatic heterocycles. The molecular weight excluding hydrogens is 537 g/mol. The summed E-state index contributed by atoms with van der Waals surface area (Å²) in [6, 6.07) is 16.6. The number of rotatable bonds is 7. The van der Waals surface area contributed by atoms with Crippen molar-refractivity contribution in [1.29, 1.82) is 0 Å². The molecule has 3 aromatic rings. The van der Waals surface area contributed by atoms with E-state index in [2.05, 4.69) is 5.32 Å². The third-order valence-electron chi connectivity index (χ3n) is 6.96. The second-order valence-electron chi connectivity index (χ2n) is 9.92. The van der Waals surface area contributed by atoms with E-state index in [1.165, 1.54) is 33.5 Å². The third kappa shape index (κ3) is 6.22. The van der Waals surface area contributed by atoms with Gasteiger partial charge >= 0.3 is 6.03 Å². The van der Waals surface area contributed by atoms with Gasteiger partial charge in [-0.1, -0.05) is 37.3 Å². The van der Waals surface area contributed by atoms with Gasteiger partial charge in [0.1, 0.15) is 28.3 Å². The maximum absolute atomic E-state index is 13.8. The zero-order chi connectivity index (χ0) is 29.0. The number of halogens is 1. The van der Waals surface area contributed by atoms with Crippen LogP contribution in [0.2, 0.25) is 0 Å². The number of fused-ring (bicyclic) bond motifs is 1. The lowest BCUT2D eigenvalue weighted by Crippen LogP contribution is -2.50. The summed E-state index contributed by atoms with van der Waals surface area (Å²) >= 11 is 0. The molecule has 1 aliphatic heterocycles. The zero-order valence-corrected chi connectivity index (χ0v) is 23.7. The highest BCUT2D eigenvalue weighted by atomic mass is 32.2. The molecule has 214 valence electrons. The highest BCUT2D eigenvalue weighted by Gasteiger charge is 2.38. The first-order valence-corrected chi connectivity index (χ1v) is 14.3. The minimum absolute atomic E-state index is 0.0322. The van der Waals surface area contributed by atoms with Crippen LogP contribution in [0.3, 0.4) is 0 Å². The minimum atomic E-state index is -4.03. The molecule has 2 N–H and O–H groups in total. The van der Waals surface area contributed by atoms with Crippen molar-refractivity contribution in [3.8, 4) is 22.6 Å². The van der Waals surface area contributed by atoms with Crippen LogP contribution in [-0.2, 0) is 10.0 Å². The lowest BCUT2D eigenvalue weighted by atomic mass is 10.0. The Balaban J connectivity index is 1.71. The van der Waals surface area contributed by atoms with Crippen molar-refractivity contribution in [3.05, 3.63) is 72.5 Å². The fourth-order valence-corrected chi connectivity index (χ4v) is 6.46. The van der Waals surface area contributed by atoms with E-state index in [0.717, 1.165) is 5.56 Å². The number of methoxy groups -OCH3 is 1. The fourth-order valence-electron chi connectivity index (χ4n) is 4.63. The van der Waals surface area contributed by atoms with E-state index in [4.69, 9.17) is 9.47 Å². The van der Waals surface area contributed by atoms with Gasteiger partial charge in [-0.15, -0.1) is 0 Å². The van der Waals surface area contributed by atoms with E-state index in [1.807, 2.05) is 31.2 Å². The van der Waals surface area contributed by atoms with E-state index in [1.54, 1.807) is 39.3 Å². The minimum Gasteiger partial charge on any atom is -0.496 e. The maximum atomic E-state index is 13.8. The number of sulfonamides is 1. The number of aliphatic hydroxyl groups is 1. The van der Waals surface area contributed by atoms with Crippen molar-refractivity contribution >= 4 is 21.7 Å². The number of urea groups is 1. The topological polar surface area (TPSA) is 108 Å². The largest absolute Gasteiger partial charge is 0.496 e. The molecule has 0 saturated heterocycles. The van der Waals surface area contributed by atoms with Crippen LogP contribution in [0.5, 0.6) is 11.5 Å². The molecule has 0 spiro atoms. The van der Waals surface area contributed by atoms with E-state index < -0.39 is 34.0 Å². The van der Waals surface area contributed by atoms with Crippen LogP contribution < -0.4 is 14.8 Å². The predicted molar refractivity (Wildman–Crippen MR) is 150 cm³/mol. The number of carbonyl (C=O) groups is 1. The van der Waals surface area contributed by atoms with Crippen LogP contribution in [0, 0.1) is 11.7 Å². The van der Waals surface area contributed by atoms with Gasteiger partial charge in [0.25, 0.3) is 0 Å². The van der Waals surface area contributed by atoms with E-state index in [0.29, 0.717) is 17.0 Å². The van der Waals surface area contributed by atoms with Gasteiger partial charge in [-0.2, -0.15) is 4.31 Å². The molecule has 4 rings (SSSR count). The van der Waals surface area contributed by atoms with Crippen molar-refractivity contribution in [2.45, 2.75) is 30.9 Å². The number of amides is 2. The molecule has 0 saturated carbocycles. The van der Waals surface area contributed by atoms with Gasteiger partial charge < -0.3 is 24.8 Å². The summed E-state index contributed by atoms with van der Waals surface area (Å²) in [4.78, 5) is 14.3. The SMILES string of the molecule is COc1ccccc1-c1ccc2c(c1)O[C@@H](CN(C)C(=O)Nc1cccc(F)c1)[C@@H](C)CN([C@@H](C)CO)S2(=O)=O. The summed E-state index contributed by atoms with van der Waals surface area (Å²) in [5.74, 6) is -0.0881. The molecular formula is C29H34FN3O6S. The maximum Gasteiger partial charge on any atom is 0.321 e. The lowest BCUT2D eigenvalue weighted by Gasteiger charge is -2.37. The number of para-hydroxylation sites is 1. The molecule has 1 aliphatic rings. The second kappa shape index (κ2) is 12.2. The number of nitrogens with one attached hydrogen (secondary N) is 1. The summed E-state index contributed by atoms with van der Waals surface area (Å²) < 4.78 is 54.3. The van der Waals surface area contributed by atoms with Crippen LogP contribution in [0.25, 0.3) is 11.1 Å². The van der Waals surface area contributed by atoms with E-state index >= 15 is 0 Å². The third-order valence-corrected chi connectivity index (χ3v) is 8.98. The molecule has 0 aliphatic carbocycles. The summed E-state index contributed by atoms with van der Waals surface area (Å²) in [6.07, 6.45) is -0.612. The fraction of sp³-hybridized carbons (Fsp3) is 0.345. The van der Waals surface area contributed by atoms with Crippen LogP contribution in [0.15, 0.2) is 71.6 Å². The molecule has 40 heavy (non-hydrogen) atoms. The van der Waals surface area contributed by atoms with Gasteiger partial charge in [-0.3, -0.25) is 0 Å². The zero-order valence-electron chi connectivity index (χ0n) is 22.9. The Labute approximate surface area is 234 Å². The lowest BCUT2D eigenvalue weighted by molar-refractivity contribution is 0.0830. The molecule has 9 nitrogen and oxygen atoms in total. The normalized spacial score (nSPS) is 19.4. The van der Waals surface area contributed by atoms with Gasteiger partial charge in [-0.25, -0.2) is 17.6 Å². The number of benzene rings is 3. The number of anilines is 1. The Hall–Kier alpha value is -3.67. The summed E-state index contributed by atoms with van der Waals surface area (Å²) in [5, 5.41) is 12.5. The summed E-state index contributed by atoms with van der Waals surface area (Å²) in [5.41, 5.74) is 1.76. The van der Waals surface area contributed by atoms with Crippen LogP contribution >= 0.6 is 0 Å². The number of hydrogen-bond acceptors (Lipinski definition) is 6. The van der Waals surface area contributed by atoms with E-state index in [-0.39, 0.29) is 36.3 Å². The van der Waals surface area contributed by atoms with Crippen molar-refractivity contribution in [2.75, 3.05) is 39.2 Å². The quantitative estimate of drug-likeness (QED) is 0.434. The summed E-state index contributed by atoms with van der Waals surface area (Å²) in [6.45, 7) is 3.31. The Bertz CT molecular complexity index is 1470. The van der Waals surface area contributed by atoms with Crippen molar-refractivity contribution in [3.63, 3.8) is 0 Å². The summed E-state index contributed by atoms with van der Waals surface area (Å²) in [7, 11) is -0.883. The van der Waals surface area contributed by atoms with Gasteiger partial charge in [-0.05, 0) is 48.9 Å². The Morgan fingerprint density at radius 2 is 1.95 bits per heavy atom. The van der Waals surface area contributed by atoms with Gasteiger partial charge in [0.15, 0.2) is 0 Å². The first-order chi connectivity index (χ1) is 19.0. The number of aliphatic hydroxyl groups excluding tert-OH is 1. The first-order valence-electron chi connectivity index (χ1n) is 12.9. The molecule has 0 radical (unpaired) electrons. The molecule has 3 atom stereocenters. The predicted octanol–water partition coefficient (Wildman–Crippen LogP) is 4.43. The van der Waals surface area contributed by atoms with Gasteiger partial charge in [0.2, 0.25) is 10.0 Å².